The molecule has 170 valence electrons. The van der Waals surface area contributed by atoms with Gasteiger partial charge in [-0.3, -0.25) is 0 Å². The van der Waals surface area contributed by atoms with Crippen LogP contribution in [0.5, 0.6) is 0 Å². The van der Waals surface area contributed by atoms with Gasteiger partial charge in [0, 0.05) is 22.8 Å². The van der Waals surface area contributed by atoms with Crippen molar-refractivity contribution in [2.75, 3.05) is 0 Å². The molecule has 0 rings (SSSR count). The fourth-order valence-corrected chi connectivity index (χ4v) is 2.90. The van der Waals surface area contributed by atoms with Crippen LogP contribution in [0.25, 0.3) is 0 Å². The first-order valence-electron chi connectivity index (χ1n) is 11.4. The summed E-state index contributed by atoms with van der Waals surface area (Å²) in [5.41, 5.74) is -1.30. The summed E-state index contributed by atoms with van der Waals surface area (Å²) >= 11 is 0. The summed E-state index contributed by atoms with van der Waals surface area (Å²) in [5.74, 6) is -1.85. The summed E-state index contributed by atoms with van der Waals surface area (Å²) in [6.45, 7) is 11.4. The van der Waals surface area contributed by atoms with Crippen LogP contribution in [-0.2, 0) is 9.59 Å². The van der Waals surface area contributed by atoms with Crippen molar-refractivity contribution in [2.45, 2.75) is 131 Å². The molecular weight excluding hydrogens is 471 g/mol. The Bertz CT molecular complexity index is 368. The number of carboxylic acids is 2. The molecule has 0 N–H and O–H groups in total. The molecule has 0 bridgehead atoms. The number of hydrogen-bond acceptors (Lipinski definition) is 4. The van der Waals surface area contributed by atoms with Crippen molar-refractivity contribution >= 4 is 35.8 Å². The Morgan fingerprint density at radius 3 is 1.03 bits per heavy atom. The van der Waals surface area contributed by atoms with Crippen LogP contribution in [0.3, 0.4) is 0 Å². The third-order valence-corrected chi connectivity index (χ3v) is 5.42. The Morgan fingerprint density at radius 2 is 0.793 bits per heavy atom. The van der Waals surface area contributed by atoms with Crippen LogP contribution < -0.4 is 10.2 Å². The quantitative estimate of drug-likeness (QED) is 0.221. The number of hydrogen-bond donors (Lipinski definition) is 0. The van der Waals surface area contributed by atoms with Crippen LogP contribution in [0.4, 0.5) is 0 Å². The van der Waals surface area contributed by atoms with Gasteiger partial charge in [0.05, 0.1) is 0 Å². The van der Waals surface area contributed by atoms with E-state index in [1.165, 1.54) is 51.4 Å². The smallest absolute Gasteiger partial charge is 0.550 e. The molecule has 0 fully saturated rings. The summed E-state index contributed by atoms with van der Waals surface area (Å²) in [6.07, 6.45) is 15.9. The molecule has 0 aliphatic rings. The zero-order valence-electron chi connectivity index (χ0n) is 20.0. The van der Waals surface area contributed by atoms with Crippen molar-refractivity contribution in [3.05, 3.63) is 0 Å². The van der Waals surface area contributed by atoms with E-state index in [-0.39, 0.29) is 23.9 Å². The molecule has 0 aromatic heterocycles. The molecule has 0 unspecified atom stereocenters. The Kier molecular flexibility index (Phi) is 22.7. The molecular formula is C24H46O4Sn. The summed E-state index contributed by atoms with van der Waals surface area (Å²) in [6, 6.07) is 0. The number of carboxylic acid groups (broad SMARTS) is 2. The van der Waals surface area contributed by atoms with Gasteiger partial charge in [0.25, 0.3) is 0 Å². The average molecular weight is 517 g/mol. The molecule has 0 spiro atoms. The van der Waals surface area contributed by atoms with Gasteiger partial charge < -0.3 is 19.8 Å². The molecule has 0 aliphatic heterocycles. The molecule has 4 nitrogen and oxygen atoms in total. The van der Waals surface area contributed by atoms with Crippen molar-refractivity contribution in [1.82, 2.24) is 0 Å². The minimum Gasteiger partial charge on any atom is -0.550 e. The standard InChI is InChI=1S/2C12H24O2.Sn/c2*1-4-5-6-7-8-9-10-12(2,3)11(13)14;/h2*4-10H2,1-3H3,(H,13,14);/q;;+2/p-2. The van der Waals surface area contributed by atoms with Crippen molar-refractivity contribution in [3.8, 4) is 0 Å². The Hall–Kier alpha value is -0.261. The molecule has 0 saturated heterocycles. The van der Waals surface area contributed by atoms with Crippen LogP contribution in [-0.4, -0.2) is 35.8 Å². The predicted molar refractivity (Wildman–Crippen MR) is 119 cm³/mol. The van der Waals surface area contributed by atoms with Crippen LogP contribution in [0.1, 0.15) is 131 Å². The van der Waals surface area contributed by atoms with Gasteiger partial charge in [-0.05, 0) is 12.8 Å². The van der Waals surface area contributed by atoms with E-state index < -0.39 is 22.8 Å². The van der Waals surface area contributed by atoms with E-state index in [9.17, 15) is 19.8 Å². The van der Waals surface area contributed by atoms with Gasteiger partial charge in [0.15, 0.2) is 0 Å². The van der Waals surface area contributed by atoms with Crippen molar-refractivity contribution in [2.24, 2.45) is 10.8 Å². The average Bonchev–Trinajstić information content (AvgIpc) is 2.61. The summed E-state index contributed by atoms with van der Waals surface area (Å²) in [5, 5.41) is 21.4. The normalized spacial score (nSPS) is 11.2. The van der Waals surface area contributed by atoms with Gasteiger partial charge in [-0.15, -0.1) is 0 Å². The number of carbonyl (C=O) groups excluding carboxylic acids is 2. The van der Waals surface area contributed by atoms with Crippen LogP contribution in [0.2, 0.25) is 0 Å². The van der Waals surface area contributed by atoms with Gasteiger partial charge in [0.2, 0.25) is 0 Å². The SMILES string of the molecule is CCCCCCCCC(C)(C)C(=O)[O-].CCCCCCCCC(C)(C)C(=O)[O-].[Sn+2]. The molecule has 0 aliphatic carbocycles. The van der Waals surface area contributed by atoms with E-state index in [1.54, 1.807) is 27.7 Å². The number of rotatable bonds is 16. The first kappa shape index (κ1) is 33.4. The minimum absolute atomic E-state index is 0. The second-order valence-corrected chi connectivity index (χ2v) is 9.38. The number of carbonyl (C=O) groups is 2. The molecule has 2 radical (unpaired) electrons. The summed E-state index contributed by atoms with van der Waals surface area (Å²) in [4.78, 5) is 21.4. The topological polar surface area (TPSA) is 80.3 Å². The Labute approximate surface area is 197 Å². The molecule has 0 aromatic carbocycles. The fourth-order valence-electron chi connectivity index (χ4n) is 2.90. The van der Waals surface area contributed by atoms with Gasteiger partial charge in [0.1, 0.15) is 0 Å². The molecule has 0 saturated carbocycles. The summed E-state index contributed by atoms with van der Waals surface area (Å²) in [7, 11) is 0. The monoisotopic (exact) mass is 518 g/mol. The van der Waals surface area contributed by atoms with E-state index in [4.69, 9.17) is 0 Å². The fraction of sp³-hybridized carbons (Fsp3) is 0.917. The van der Waals surface area contributed by atoms with Crippen molar-refractivity contribution in [1.29, 1.82) is 0 Å². The van der Waals surface area contributed by atoms with Gasteiger partial charge in [-0.2, -0.15) is 0 Å². The maximum Gasteiger partial charge on any atom is 2.00 e. The molecule has 29 heavy (non-hydrogen) atoms. The third kappa shape index (κ3) is 20.8. The van der Waals surface area contributed by atoms with E-state index in [0.29, 0.717) is 0 Å². The molecule has 0 amide bonds. The molecule has 0 aromatic rings. The first-order chi connectivity index (χ1) is 13.0. The zero-order chi connectivity index (χ0) is 22.1. The molecule has 5 heteroatoms. The van der Waals surface area contributed by atoms with Crippen LogP contribution in [0, 0.1) is 10.8 Å². The maximum atomic E-state index is 10.7. The van der Waals surface area contributed by atoms with Gasteiger partial charge in [-0.1, -0.05) is 119 Å². The van der Waals surface area contributed by atoms with Crippen LogP contribution >= 0.6 is 0 Å². The van der Waals surface area contributed by atoms with E-state index in [0.717, 1.165) is 38.5 Å². The number of aliphatic carboxylic acids is 2. The van der Waals surface area contributed by atoms with E-state index in [1.807, 2.05) is 0 Å². The van der Waals surface area contributed by atoms with E-state index in [2.05, 4.69) is 13.8 Å². The third-order valence-electron chi connectivity index (χ3n) is 5.42. The van der Waals surface area contributed by atoms with Crippen LogP contribution in [0.15, 0.2) is 0 Å². The first-order valence-corrected chi connectivity index (χ1v) is 11.4. The van der Waals surface area contributed by atoms with Gasteiger partial charge >= 0.3 is 23.9 Å². The summed E-state index contributed by atoms with van der Waals surface area (Å²) < 4.78 is 0. The maximum absolute atomic E-state index is 10.7. The zero-order valence-corrected chi connectivity index (χ0v) is 22.9. The largest absolute Gasteiger partial charge is 2.00 e. The van der Waals surface area contributed by atoms with Crippen molar-refractivity contribution in [3.63, 3.8) is 0 Å². The predicted octanol–water partition coefficient (Wildman–Crippen LogP) is 4.65. The van der Waals surface area contributed by atoms with Crippen molar-refractivity contribution < 1.29 is 19.8 Å². The molecule has 0 atom stereocenters. The van der Waals surface area contributed by atoms with E-state index >= 15 is 0 Å². The second-order valence-electron chi connectivity index (χ2n) is 9.38. The molecule has 0 heterocycles. The second kappa shape index (κ2) is 19.7. The minimum atomic E-state index is -0.925. The Morgan fingerprint density at radius 1 is 0.552 bits per heavy atom. The number of unbranched alkanes of at least 4 members (excludes halogenated alkanes) is 10. The van der Waals surface area contributed by atoms with Gasteiger partial charge in [-0.25, -0.2) is 0 Å². The Balaban J connectivity index is -0.000000451.